The van der Waals surface area contributed by atoms with Crippen LogP contribution in [0.15, 0.2) is 0 Å². The third-order valence-corrected chi connectivity index (χ3v) is 7.28. The van der Waals surface area contributed by atoms with Gasteiger partial charge in [0.05, 0.1) is 13.2 Å². The predicted octanol–water partition coefficient (Wildman–Crippen LogP) is -1.03. The Morgan fingerprint density at radius 1 is 0.846 bits per heavy atom. The number of ether oxygens (including phenoxy) is 1. The van der Waals surface area contributed by atoms with Crippen LogP contribution in [0.25, 0.3) is 0 Å². The molecule has 0 aliphatic carbocycles. The summed E-state index contributed by atoms with van der Waals surface area (Å²) in [6.45, 7) is 5.87. The summed E-state index contributed by atoms with van der Waals surface area (Å²) in [5.41, 5.74) is 0. The number of hydrogen-bond acceptors (Lipinski definition) is 5. The van der Waals surface area contributed by atoms with E-state index in [0.717, 1.165) is 12.8 Å². The first-order chi connectivity index (χ1) is 12.4. The zero-order valence-corrected chi connectivity index (χ0v) is 16.1. The average Bonchev–Trinajstić information content (AvgIpc) is 2.67. The van der Waals surface area contributed by atoms with Gasteiger partial charge in [-0.2, -0.15) is 17.0 Å². The minimum atomic E-state index is -3.49. The van der Waals surface area contributed by atoms with Gasteiger partial charge in [-0.15, -0.1) is 0 Å². The van der Waals surface area contributed by atoms with E-state index in [9.17, 15) is 18.0 Å². The van der Waals surface area contributed by atoms with Crippen molar-refractivity contribution in [1.82, 2.24) is 18.4 Å². The highest BCUT2D eigenvalue weighted by molar-refractivity contribution is 7.86. The van der Waals surface area contributed by atoms with Crippen molar-refractivity contribution >= 4 is 22.0 Å². The number of nitrogens with zero attached hydrogens (tertiary/aromatic N) is 4. The Bertz CT molecular complexity index is 627. The molecule has 10 heteroatoms. The fourth-order valence-corrected chi connectivity index (χ4v) is 5.43. The number of carbonyl (C=O) groups excluding carboxylic acids is 2. The van der Waals surface area contributed by atoms with Gasteiger partial charge in [0.15, 0.2) is 0 Å². The van der Waals surface area contributed by atoms with Gasteiger partial charge in [0, 0.05) is 52.4 Å². The van der Waals surface area contributed by atoms with Gasteiger partial charge in [-0.3, -0.25) is 9.59 Å². The minimum absolute atomic E-state index is 0.231. The maximum atomic E-state index is 12.8. The molecule has 1 atom stereocenters. The quantitative estimate of drug-likeness (QED) is 0.564. The van der Waals surface area contributed by atoms with Crippen molar-refractivity contribution in [2.24, 2.45) is 5.92 Å². The van der Waals surface area contributed by atoms with E-state index in [0.29, 0.717) is 45.3 Å². The van der Waals surface area contributed by atoms with Crippen LogP contribution in [-0.4, -0.2) is 104 Å². The van der Waals surface area contributed by atoms with E-state index in [-0.39, 0.29) is 26.2 Å². The van der Waals surface area contributed by atoms with Crippen molar-refractivity contribution < 1.29 is 22.7 Å². The lowest BCUT2D eigenvalue weighted by atomic mass is 10.0. The maximum Gasteiger partial charge on any atom is 0.312 e. The zero-order chi connectivity index (χ0) is 18.7. The van der Waals surface area contributed by atoms with E-state index >= 15 is 0 Å². The Morgan fingerprint density at radius 2 is 1.42 bits per heavy atom. The molecule has 3 fully saturated rings. The number of amides is 2. The fraction of sp³-hybridized carbons (Fsp3) is 0.875. The third-order valence-electron chi connectivity index (χ3n) is 5.28. The minimum Gasteiger partial charge on any atom is -0.378 e. The normalized spacial score (nSPS) is 26.7. The largest absolute Gasteiger partial charge is 0.378 e. The van der Waals surface area contributed by atoms with Crippen LogP contribution in [0.4, 0.5) is 0 Å². The molecule has 3 saturated heterocycles. The Balaban J connectivity index is 1.54. The molecule has 3 aliphatic rings. The smallest absolute Gasteiger partial charge is 0.312 e. The van der Waals surface area contributed by atoms with Gasteiger partial charge < -0.3 is 14.5 Å². The molecular formula is C16H28N4O5S. The highest BCUT2D eigenvalue weighted by Gasteiger charge is 2.37. The molecule has 3 heterocycles. The second-order valence-corrected chi connectivity index (χ2v) is 9.14. The zero-order valence-electron chi connectivity index (χ0n) is 15.3. The third kappa shape index (κ3) is 4.19. The van der Waals surface area contributed by atoms with Crippen molar-refractivity contribution in [3.05, 3.63) is 0 Å². The first-order valence-corrected chi connectivity index (χ1v) is 10.7. The Hall–Kier alpha value is -1.23. The average molecular weight is 388 g/mol. The molecule has 148 valence electrons. The molecule has 1 unspecified atom stereocenters. The lowest BCUT2D eigenvalue weighted by molar-refractivity contribution is -0.154. The summed E-state index contributed by atoms with van der Waals surface area (Å²) in [6, 6.07) is 0. The van der Waals surface area contributed by atoms with Crippen LogP contribution in [0.2, 0.25) is 0 Å². The van der Waals surface area contributed by atoms with E-state index in [4.69, 9.17) is 4.74 Å². The predicted molar refractivity (Wildman–Crippen MR) is 94.4 cm³/mol. The molecule has 0 saturated carbocycles. The van der Waals surface area contributed by atoms with E-state index < -0.39 is 22.0 Å². The number of hydrogen-bond donors (Lipinski definition) is 0. The first-order valence-electron chi connectivity index (χ1n) is 9.30. The number of piperidine rings is 1. The van der Waals surface area contributed by atoms with E-state index in [1.807, 2.05) is 0 Å². The van der Waals surface area contributed by atoms with E-state index in [1.54, 1.807) is 4.31 Å². The standard InChI is InChI=1S/C16H28N4O5S/c1-14-3-2-4-20(13-14)26(23,24)19-7-5-17(6-8-19)15(21)16(22)18-9-11-25-12-10-18/h14H,2-13H2,1H3. The summed E-state index contributed by atoms with van der Waals surface area (Å²) in [4.78, 5) is 27.7. The number of piperazine rings is 1. The van der Waals surface area contributed by atoms with E-state index in [1.165, 1.54) is 14.1 Å². The van der Waals surface area contributed by atoms with Crippen LogP contribution < -0.4 is 0 Å². The monoisotopic (exact) mass is 388 g/mol. The molecule has 0 aromatic carbocycles. The highest BCUT2D eigenvalue weighted by atomic mass is 32.2. The Morgan fingerprint density at radius 3 is 2.00 bits per heavy atom. The van der Waals surface area contributed by atoms with Crippen molar-refractivity contribution in [3.8, 4) is 0 Å². The lowest BCUT2D eigenvalue weighted by Gasteiger charge is -2.39. The fourth-order valence-electron chi connectivity index (χ4n) is 3.68. The summed E-state index contributed by atoms with van der Waals surface area (Å²) in [5.74, 6) is -0.697. The number of carbonyl (C=O) groups is 2. The van der Waals surface area contributed by atoms with Gasteiger partial charge >= 0.3 is 11.8 Å². The molecule has 3 aliphatic heterocycles. The summed E-state index contributed by atoms with van der Waals surface area (Å²) < 4.78 is 33.8. The topological polar surface area (TPSA) is 90.5 Å². The van der Waals surface area contributed by atoms with Crippen molar-refractivity contribution in [2.75, 3.05) is 65.6 Å². The lowest BCUT2D eigenvalue weighted by Crippen LogP contribution is -2.57. The van der Waals surface area contributed by atoms with Crippen LogP contribution in [0.3, 0.4) is 0 Å². The summed E-state index contributed by atoms with van der Waals surface area (Å²) >= 11 is 0. The summed E-state index contributed by atoms with van der Waals surface area (Å²) in [7, 11) is -3.49. The van der Waals surface area contributed by atoms with Gasteiger partial charge in [0.1, 0.15) is 0 Å². The molecule has 0 radical (unpaired) electrons. The van der Waals surface area contributed by atoms with Gasteiger partial charge in [-0.1, -0.05) is 6.92 Å². The molecule has 0 N–H and O–H groups in total. The first kappa shape index (κ1) is 19.5. The van der Waals surface area contributed by atoms with Crippen LogP contribution >= 0.6 is 0 Å². The van der Waals surface area contributed by atoms with Crippen LogP contribution in [-0.2, 0) is 24.5 Å². The van der Waals surface area contributed by atoms with Gasteiger partial charge in [-0.05, 0) is 18.8 Å². The molecule has 26 heavy (non-hydrogen) atoms. The maximum absolute atomic E-state index is 12.8. The van der Waals surface area contributed by atoms with Gasteiger partial charge in [-0.25, -0.2) is 0 Å². The number of rotatable bonds is 2. The van der Waals surface area contributed by atoms with Crippen molar-refractivity contribution in [2.45, 2.75) is 19.8 Å². The second kappa shape index (κ2) is 8.20. The molecular weight excluding hydrogens is 360 g/mol. The van der Waals surface area contributed by atoms with E-state index in [2.05, 4.69) is 6.92 Å². The summed E-state index contributed by atoms with van der Waals surface area (Å²) in [6.07, 6.45) is 1.94. The Labute approximate surface area is 155 Å². The molecule has 0 aromatic rings. The molecule has 0 bridgehead atoms. The number of morpholine rings is 1. The van der Waals surface area contributed by atoms with Crippen molar-refractivity contribution in [1.29, 1.82) is 0 Å². The molecule has 3 rings (SSSR count). The van der Waals surface area contributed by atoms with Crippen LogP contribution in [0.1, 0.15) is 19.8 Å². The second-order valence-electron chi connectivity index (χ2n) is 7.21. The van der Waals surface area contributed by atoms with Gasteiger partial charge in [0.25, 0.3) is 10.2 Å². The molecule has 2 amide bonds. The van der Waals surface area contributed by atoms with Gasteiger partial charge in [0.2, 0.25) is 0 Å². The van der Waals surface area contributed by atoms with Crippen molar-refractivity contribution in [3.63, 3.8) is 0 Å². The molecule has 0 spiro atoms. The van der Waals surface area contributed by atoms with Crippen LogP contribution in [0.5, 0.6) is 0 Å². The summed E-state index contributed by atoms with van der Waals surface area (Å²) in [5, 5.41) is 0. The SMILES string of the molecule is CC1CCCN(S(=O)(=O)N2CCN(C(=O)C(=O)N3CCOCC3)CC2)C1. The Kier molecular flexibility index (Phi) is 6.16. The highest BCUT2D eigenvalue weighted by Crippen LogP contribution is 2.21. The molecule has 0 aromatic heterocycles. The van der Waals surface area contributed by atoms with Crippen LogP contribution in [0, 0.1) is 5.92 Å². The molecule has 9 nitrogen and oxygen atoms in total.